The van der Waals surface area contributed by atoms with Crippen molar-refractivity contribution in [3.8, 4) is 0 Å². The van der Waals surface area contributed by atoms with Crippen LogP contribution in [0.25, 0.3) is 0 Å². The Morgan fingerprint density at radius 3 is 2.53 bits per heavy atom. The van der Waals surface area contributed by atoms with E-state index in [9.17, 15) is 0 Å². The highest BCUT2D eigenvalue weighted by atomic mass is 79.9. The van der Waals surface area contributed by atoms with Crippen molar-refractivity contribution in [1.29, 1.82) is 0 Å². The van der Waals surface area contributed by atoms with Crippen LogP contribution in [0.4, 0.5) is 0 Å². The molecule has 0 aromatic heterocycles. The first-order valence-electron chi connectivity index (χ1n) is 7.55. The van der Waals surface area contributed by atoms with E-state index in [1.165, 1.54) is 47.7 Å². The predicted octanol–water partition coefficient (Wildman–Crippen LogP) is 5.45. The van der Waals surface area contributed by atoms with Crippen LogP contribution >= 0.6 is 15.9 Å². The van der Waals surface area contributed by atoms with Gasteiger partial charge in [-0.25, -0.2) is 0 Å². The van der Waals surface area contributed by atoms with Crippen molar-refractivity contribution in [2.24, 2.45) is 5.92 Å². The van der Waals surface area contributed by atoms with Crippen molar-refractivity contribution >= 4 is 15.9 Å². The van der Waals surface area contributed by atoms with Gasteiger partial charge < -0.3 is 5.32 Å². The molecule has 0 bridgehead atoms. The van der Waals surface area contributed by atoms with Crippen LogP contribution in [0.3, 0.4) is 0 Å². The lowest BCUT2D eigenvalue weighted by atomic mass is 10.0. The van der Waals surface area contributed by atoms with Crippen LogP contribution in [0, 0.1) is 12.8 Å². The van der Waals surface area contributed by atoms with Gasteiger partial charge in [-0.2, -0.15) is 0 Å². The lowest BCUT2D eigenvalue weighted by molar-refractivity contribution is 0.512. The number of benzene rings is 1. The summed E-state index contributed by atoms with van der Waals surface area (Å²) in [4.78, 5) is 0. The fourth-order valence-corrected chi connectivity index (χ4v) is 2.81. The summed E-state index contributed by atoms with van der Waals surface area (Å²) < 4.78 is 1.22. The first-order chi connectivity index (χ1) is 9.09. The molecule has 1 N–H and O–H groups in total. The van der Waals surface area contributed by atoms with E-state index in [4.69, 9.17) is 0 Å². The summed E-state index contributed by atoms with van der Waals surface area (Å²) in [6, 6.07) is 6.56. The summed E-state index contributed by atoms with van der Waals surface area (Å²) in [5, 5.41) is 3.53. The molecule has 0 aliphatic rings. The third-order valence-electron chi connectivity index (χ3n) is 3.41. The van der Waals surface area contributed by atoms with E-state index in [-0.39, 0.29) is 0 Å². The van der Waals surface area contributed by atoms with Gasteiger partial charge in [-0.05, 0) is 43.0 Å². The molecule has 0 spiro atoms. The first-order valence-corrected chi connectivity index (χ1v) is 8.34. The average Bonchev–Trinajstić information content (AvgIpc) is 2.34. The van der Waals surface area contributed by atoms with Gasteiger partial charge in [-0.15, -0.1) is 0 Å². The molecule has 1 rings (SSSR count). The van der Waals surface area contributed by atoms with E-state index < -0.39 is 0 Å². The molecular formula is C17H28BrN. The third-order valence-corrected chi connectivity index (χ3v) is 4.15. The molecule has 19 heavy (non-hydrogen) atoms. The van der Waals surface area contributed by atoms with Crippen molar-refractivity contribution in [1.82, 2.24) is 5.32 Å². The number of aryl methyl sites for hydroxylation is 1. The topological polar surface area (TPSA) is 12.0 Å². The van der Waals surface area contributed by atoms with Gasteiger partial charge in [-0.3, -0.25) is 0 Å². The SMILES string of the molecule is Cc1ccc(CNCCCCCCC(C)C)c(Br)c1. The molecule has 0 atom stereocenters. The molecule has 0 saturated carbocycles. The van der Waals surface area contributed by atoms with Gasteiger partial charge in [0.25, 0.3) is 0 Å². The average molecular weight is 326 g/mol. The Morgan fingerprint density at radius 1 is 1.11 bits per heavy atom. The van der Waals surface area contributed by atoms with Gasteiger partial charge in [-0.1, -0.05) is 67.6 Å². The highest BCUT2D eigenvalue weighted by Crippen LogP contribution is 2.18. The fraction of sp³-hybridized carbons (Fsp3) is 0.647. The minimum absolute atomic E-state index is 0.858. The molecule has 108 valence electrons. The molecule has 0 saturated heterocycles. The number of halogens is 1. The van der Waals surface area contributed by atoms with Crippen LogP contribution in [-0.2, 0) is 6.54 Å². The van der Waals surface area contributed by atoms with Crippen LogP contribution in [0.5, 0.6) is 0 Å². The highest BCUT2D eigenvalue weighted by molar-refractivity contribution is 9.10. The third kappa shape index (κ3) is 7.74. The second kappa shape index (κ2) is 9.55. The van der Waals surface area contributed by atoms with Gasteiger partial charge in [0, 0.05) is 11.0 Å². The standard InChI is InChI=1S/C17H28BrN/c1-14(2)8-6-4-5-7-11-19-13-16-10-9-15(3)12-17(16)18/h9-10,12,14,19H,4-8,11,13H2,1-3H3. The summed E-state index contributed by atoms with van der Waals surface area (Å²) >= 11 is 3.62. The van der Waals surface area contributed by atoms with E-state index >= 15 is 0 Å². The molecule has 0 heterocycles. The number of hydrogen-bond donors (Lipinski definition) is 1. The van der Waals surface area contributed by atoms with Crippen molar-refractivity contribution in [3.05, 3.63) is 33.8 Å². The van der Waals surface area contributed by atoms with Gasteiger partial charge in [0.2, 0.25) is 0 Å². The summed E-state index contributed by atoms with van der Waals surface area (Å²) in [5.74, 6) is 0.858. The van der Waals surface area contributed by atoms with E-state index in [1.807, 2.05) is 0 Å². The maximum Gasteiger partial charge on any atom is 0.0222 e. The second-order valence-corrected chi connectivity index (χ2v) is 6.72. The Hall–Kier alpha value is -0.340. The number of hydrogen-bond acceptors (Lipinski definition) is 1. The monoisotopic (exact) mass is 325 g/mol. The van der Waals surface area contributed by atoms with E-state index in [0.29, 0.717) is 0 Å². The normalized spacial score (nSPS) is 11.2. The molecule has 1 aromatic carbocycles. The van der Waals surface area contributed by atoms with Gasteiger partial charge in [0.05, 0.1) is 0 Å². The second-order valence-electron chi connectivity index (χ2n) is 5.87. The van der Waals surface area contributed by atoms with Crippen molar-refractivity contribution < 1.29 is 0 Å². The number of rotatable bonds is 9. The summed E-state index contributed by atoms with van der Waals surface area (Å²) in [7, 11) is 0. The summed E-state index contributed by atoms with van der Waals surface area (Å²) in [5.41, 5.74) is 2.66. The maximum absolute atomic E-state index is 3.62. The predicted molar refractivity (Wildman–Crippen MR) is 88.5 cm³/mol. The Kier molecular flexibility index (Phi) is 8.40. The Balaban J connectivity index is 2.04. The van der Waals surface area contributed by atoms with Gasteiger partial charge >= 0.3 is 0 Å². The quantitative estimate of drug-likeness (QED) is 0.595. The largest absolute Gasteiger partial charge is 0.313 e. The lowest BCUT2D eigenvalue weighted by Crippen LogP contribution is -2.15. The fourth-order valence-electron chi connectivity index (χ4n) is 2.17. The van der Waals surface area contributed by atoms with Crippen molar-refractivity contribution in [3.63, 3.8) is 0 Å². The summed E-state index contributed by atoms with van der Waals surface area (Å²) in [6.07, 6.45) is 6.80. The Labute approximate surface area is 127 Å². The van der Waals surface area contributed by atoms with E-state index in [1.54, 1.807) is 0 Å². The van der Waals surface area contributed by atoms with E-state index in [2.05, 4.69) is 60.2 Å². The molecule has 0 aliphatic heterocycles. The van der Waals surface area contributed by atoms with E-state index in [0.717, 1.165) is 19.0 Å². The maximum atomic E-state index is 3.62. The van der Waals surface area contributed by atoms with Crippen LogP contribution in [-0.4, -0.2) is 6.54 Å². The van der Waals surface area contributed by atoms with Gasteiger partial charge in [0.15, 0.2) is 0 Å². The lowest BCUT2D eigenvalue weighted by Gasteiger charge is -2.08. The minimum atomic E-state index is 0.858. The van der Waals surface area contributed by atoms with Crippen LogP contribution < -0.4 is 5.32 Å². The smallest absolute Gasteiger partial charge is 0.0222 e. The van der Waals surface area contributed by atoms with Crippen LogP contribution in [0.2, 0.25) is 0 Å². The van der Waals surface area contributed by atoms with Crippen LogP contribution in [0.15, 0.2) is 22.7 Å². The number of nitrogens with one attached hydrogen (secondary N) is 1. The minimum Gasteiger partial charge on any atom is -0.313 e. The molecule has 2 heteroatoms. The van der Waals surface area contributed by atoms with Crippen molar-refractivity contribution in [2.45, 2.75) is 59.4 Å². The molecule has 1 aromatic rings. The zero-order chi connectivity index (χ0) is 14.1. The highest BCUT2D eigenvalue weighted by Gasteiger charge is 1.99. The molecule has 0 unspecified atom stereocenters. The molecule has 1 nitrogen and oxygen atoms in total. The molecule has 0 amide bonds. The molecular weight excluding hydrogens is 298 g/mol. The van der Waals surface area contributed by atoms with Crippen LogP contribution in [0.1, 0.15) is 57.1 Å². The molecule has 0 aliphatic carbocycles. The zero-order valence-corrected chi connectivity index (χ0v) is 14.2. The number of unbranched alkanes of at least 4 members (excludes halogenated alkanes) is 3. The first kappa shape index (κ1) is 16.7. The van der Waals surface area contributed by atoms with Gasteiger partial charge in [0.1, 0.15) is 0 Å². The Bertz CT molecular complexity index is 360. The molecule has 0 radical (unpaired) electrons. The van der Waals surface area contributed by atoms with Crippen molar-refractivity contribution in [2.75, 3.05) is 6.54 Å². The molecule has 0 fully saturated rings. The zero-order valence-electron chi connectivity index (χ0n) is 12.6. The Morgan fingerprint density at radius 2 is 1.84 bits per heavy atom. The summed E-state index contributed by atoms with van der Waals surface area (Å²) in [6.45, 7) is 8.83.